The Bertz CT molecular complexity index is 499. The Morgan fingerprint density at radius 2 is 1.94 bits per heavy atom. The predicted molar refractivity (Wildman–Crippen MR) is 59.8 cm³/mol. The van der Waals surface area contributed by atoms with Gasteiger partial charge >= 0.3 is 6.18 Å². The number of anilines is 1. The number of nitrogens with zero attached hydrogens (tertiary/aromatic N) is 2. The van der Waals surface area contributed by atoms with Crippen LogP contribution in [0.25, 0.3) is 0 Å². The molecule has 18 heavy (non-hydrogen) atoms. The second-order valence-corrected chi connectivity index (χ2v) is 6.12. The standard InChI is InChI=1S/C9H12F3N3O2S/c1-6(5-18(2,16)17)13-8-4-3-7(14-15-8)9(10,11)12/h3-4,6H,5H2,1-2H3,(H,13,15). The molecule has 1 atom stereocenters. The number of hydrogen-bond acceptors (Lipinski definition) is 5. The van der Waals surface area contributed by atoms with Crippen LogP contribution in [0.2, 0.25) is 0 Å². The summed E-state index contributed by atoms with van der Waals surface area (Å²) in [5, 5.41) is 9.01. The lowest BCUT2D eigenvalue weighted by atomic mass is 10.3. The molecule has 0 aliphatic carbocycles. The monoisotopic (exact) mass is 283 g/mol. The molecule has 0 bridgehead atoms. The van der Waals surface area contributed by atoms with Gasteiger partial charge in [-0.1, -0.05) is 0 Å². The first-order valence-electron chi connectivity index (χ1n) is 4.93. The van der Waals surface area contributed by atoms with E-state index in [1.165, 1.54) is 0 Å². The molecule has 9 heteroatoms. The summed E-state index contributed by atoms with van der Waals surface area (Å²) in [5.41, 5.74) is -1.09. The third-order valence-electron chi connectivity index (χ3n) is 1.90. The van der Waals surface area contributed by atoms with Gasteiger partial charge in [-0.05, 0) is 19.1 Å². The van der Waals surface area contributed by atoms with Gasteiger partial charge in [0.05, 0.1) is 5.75 Å². The van der Waals surface area contributed by atoms with Crippen molar-refractivity contribution in [3.8, 4) is 0 Å². The molecule has 0 spiro atoms. The largest absolute Gasteiger partial charge is 0.435 e. The maximum absolute atomic E-state index is 12.2. The van der Waals surface area contributed by atoms with Crippen LogP contribution in [0.3, 0.4) is 0 Å². The number of nitrogens with one attached hydrogen (secondary N) is 1. The molecule has 5 nitrogen and oxygen atoms in total. The topological polar surface area (TPSA) is 72.0 Å². The number of halogens is 3. The summed E-state index contributed by atoms with van der Waals surface area (Å²) in [6.07, 6.45) is -3.46. The third kappa shape index (κ3) is 4.86. The Hall–Kier alpha value is -1.38. The minimum atomic E-state index is -4.54. The Morgan fingerprint density at radius 3 is 2.33 bits per heavy atom. The van der Waals surface area contributed by atoms with Gasteiger partial charge in [-0.25, -0.2) is 8.42 Å². The first kappa shape index (κ1) is 14.7. The lowest BCUT2D eigenvalue weighted by Gasteiger charge is -2.13. The van der Waals surface area contributed by atoms with E-state index >= 15 is 0 Å². The molecular weight excluding hydrogens is 271 g/mol. The van der Waals surface area contributed by atoms with E-state index in [2.05, 4.69) is 15.5 Å². The van der Waals surface area contributed by atoms with Crippen molar-refractivity contribution < 1.29 is 21.6 Å². The van der Waals surface area contributed by atoms with Crippen molar-refractivity contribution in [1.82, 2.24) is 10.2 Å². The van der Waals surface area contributed by atoms with E-state index in [4.69, 9.17) is 0 Å². The summed E-state index contributed by atoms with van der Waals surface area (Å²) in [4.78, 5) is 0. The molecule has 1 heterocycles. The number of rotatable bonds is 4. The summed E-state index contributed by atoms with van der Waals surface area (Å²) in [6.45, 7) is 1.58. The number of hydrogen-bond donors (Lipinski definition) is 1. The normalized spacial score (nSPS) is 14.3. The van der Waals surface area contributed by atoms with E-state index in [1.54, 1.807) is 6.92 Å². The maximum Gasteiger partial charge on any atom is 0.435 e. The molecular formula is C9H12F3N3O2S. The van der Waals surface area contributed by atoms with Gasteiger partial charge in [0.1, 0.15) is 15.7 Å². The molecule has 0 aromatic carbocycles. The number of alkyl halides is 3. The van der Waals surface area contributed by atoms with Crippen molar-refractivity contribution in [2.75, 3.05) is 17.3 Å². The maximum atomic E-state index is 12.2. The van der Waals surface area contributed by atoms with Crippen LogP contribution in [-0.4, -0.2) is 36.7 Å². The summed E-state index contributed by atoms with van der Waals surface area (Å²) in [7, 11) is -3.17. The van der Waals surface area contributed by atoms with Crippen molar-refractivity contribution >= 4 is 15.7 Å². The van der Waals surface area contributed by atoms with Gasteiger partial charge in [0, 0.05) is 12.3 Å². The minimum Gasteiger partial charge on any atom is -0.365 e. The molecule has 0 aliphatic rings. The molecule has 0 saturated heterocycles. The molecule has 1 N–H and O–H groups in total. The van der Waals surface area contributed by atoms with Crippen LogP contribution in [0.5, 0.6) is 0 Å². The molecule has 1 unspecified atom stereocenters. The van der Waals surface area contributed by atoms with Crippen LogP contribution in [-0.2, 0) is 16.0 Å². The first-order chi connectivity index (χ1) is 8.08. The lowest BCUT2D eigenvalue weighted by Crippen LogP contribution is -2.25. The first-order valence-corrected chi connectivity index (χ1v) is 6.99. The molecule has 0 aliphatic heterocycles. The molecule has 0 saturated carbocycles. The van der Waals surface area contributed by atoms with E-state index in [-0.39, 0.29) is 11.6 Å². The van der Waals surface area contributed by atoms with E-state index in [0.717, 1.165) is 18.4 Å². The third-order valence-corrected chi connectivity index (χ3v) is 3.01. The molecule has 102 valence electrons. The summed E-state index contributed by atoms with van der Waals surface area (Å²) in [5.74, 6) is -0.0467. The Labute approximate surface area is 102 Å². The van der Waals surface area contributed by atoms with Crippen LogP contribution in [0.1, 0.15) is 12.6 Å². The Balaban J connectivity index is 2.70. The van der Waals surface area contributed by atoms with Gasteiger partial charge in [0.15, 0.2) is 5.69 Å². The Kier molecular flexibility index (Phi) is 4.15. The van der Waals surface area contributed by atoms with Gasteiger partial charge in [0.2, 0.25) is 0 Å². The quantitative estimate of drug-likeness (QED) is 0.902. The van der Waals surface area contributed by atoms with E-state index < -0.39 is 27.7 Å². The summed E-state index contributed by atoms with van der Waals surface area (Å²) >= 11 is 0. The fourth-order valence-corrected chi connectivity index (χ4v) is 2.30. The molecule has 0 radical (unpaired) electrons. The average molecular weight is 283 g/mol. The van der Waals surface area contributed by atoms with Crippen molar-refractivity contribution in [1.29, 1.82) is 0 Å². The smallest absolute Gasteiger partial charge is 0.365 e. The van der Waals surface area contributed by atoms with E-state index in [1.807, 2.05) is 0 Å². The van der Waals surface area contributed by atoms with Crippen LogP contribution < -0.4 is 5.32 Å². The highest BCUT2D eigenvalue weighted by molar-refractivity contribution is 7.90. The van der Waals surface area contributed by atoms with E-state index in [0.29, 0.717) is 0 Å². The fraction of sp³-hybridized carbons (Fsp3) is 0.556. The summed E-state index contributed by atoms with van der Waals surface area (Å²) < 4.78 is 58.6. The highest BCUT2D eigenvalue weighted by Gasteiger charge is 2.32. The van der Waals surface area contributed by atoms with Crippen molar-refractivity contribution in [2.24, 2.45) is 0 Å². The highest BCUT2D eigenvalue weighted by atomic mass is 32.2. The minimum absolute atomic E-state index is 0.0964. The van der Waals surface area contributed by atoms with Crippen molar-refractivity contribution in [3.63, 3.8) is 0 Å². The average Bonchev–Trinajstić information content (AvgIpc) is 2.13. The number of sulfone groups is 1. The fourth-order valence-electron chi connectivity index (χ4n) is 1.31. The number of aromatic nitrogens is 2. The van der Waals surface area contributed by atoms with Crippen molar-refractivity contribution in [3.05, 3.63) is 17.8 Å². The van der Waals surface area contributed by atoms with Crippen LogP contribution in [0, 0.1) is 0 Å². The highest BCUT2D eigenvalue weighted by Crippen LogP contribution is 2.27. The molecule has 1 aromatic heterocycles. The zero-order chi connectivity index (χ0) is 14.0. The van der Waals surface area contributed by atoms with Crippen LogP contribution in [0.4, 0.5) is 19.0 Å². The molecule has 0 fully saturated rings. The van der Waals surface area contributed by atoms with Crippen LogP contribution >= 0.6 is 0 Å². The van der Waals surface area contributed by atoms with E-state index in [9.17, 15) is 21.6 Å². The second kappa shape index (κ2) is 5.09. The molecule has 1 rings (SSSR count). The summed E-state index contributed by atoms with van der Waals surface area (Å²) in [6, 6.07) is 1.42. The zero-order valence-corrected chi connectivity index (χ0v) is 10.5. The van der Waals surface area contributed by atoms with Gasteiger partial charge in [0.25, 0.3) is 0 Å². The van der Waals surface area contributed by atoms with Gasteiger partial charge in [-0.2, -0.15) is 13.2 Å². The molecule has 1 aromatic rings. The van der Waals surface area contributed by atoms with Gasteiger partial charge in [-0.15, -0.1) is 10.2 Å². The van der Waals surface area contributed by atoms with Gasteiger partial charge < -0.3 is 5.32 Å². The second-order valence-electron chi connectivity index (χ2n) is 3.94. The van der Waals surface area contributed by atoms with Crippen LogP contribution in [0.15, 0.2) is 12.1 Å². The predicted octanol–water partition coefficient (Wildman–Crippen LogP) is 1.34. The zero-order valence-electron chi connectivity index (χ0n) is 9.69. The lowest BCUT2D eigenvalue weighted by molar-refractivity contribution is -0.141. The van der Waals surface area contributed by atoms with Crippen molar-refractivity contribution in [2.45, 2.75) is 19.1 Å². The SMILES string of the molecule is CC(CS(C)(=O)=O)Nc1ccc(C(F)(F)F)nn1. The Morgan fingerprint density at radius 1 is 1.33 bits per heavy atom. The molecule has 0 amide bonds. The van der Waals surface area contributed by atoms with Gasteiger partial charge in [-0.3, -0.25) is 0 Å².